The fraction of sp³-hybridized carbons (Fsp3) is 1.00. The quantitative estimate of drug-likeness (QED) is 0.523. The van der Waals surface area contributed by atoms with Crippen LogP contribution in [0.25, 0.3) is 0 Å². The molecule has 0 aromatic carbocycles. The summed E-state index contributed by atoms with van der Waals surface area (Å²) in [7, 11) is -3.11. The summed E-state index contributed by atoms with van der Waals surface area (Å²) in [6, 6.07) is 0. The van der Waals surface area contributed by atoms with Gasteiger partial charge >= 0.3 is 0 Å². The summed E-state index contributed by atoms with van der Waals surface area (Å²) >= 11 is 0. The van der Waals surface area contributed by atoms with Crippen LogP contribution in [0.15, 0.2) is 0 Å². The molecule has 0 heterocycles. The number of nitrogens with one attached hydrogen (secondary N) is 2. The average molecular weight is 280 g/mol. The van der Waals surface area contributed by atoms with Gasteiger partial charge in [-0.1, -0.05) is 20.8 Å². The summed E-state index contributed by atoms with van der Waals surface area (Å²) < 4.78 is 31.1. The Morgan fingerprint density at radius 1 is 1.17 bits per heavy atom. The lowest BCUT2D eigenvalue weighted by atomic mass is 10.2. The van der Waals surface area contributed by atoms with Crippen molar-refractivity contribution in [2.75, 3.05) is 38.6 Å². The highest BCUT2D eigenvalue weighted by atomic mass is 32.2. The second-order valence-corrected chi connectivity index (χ2v) is 6.67. The first kappa shape index (κ1) is 17.8. The van der Waals surface area contributed by atoms with Gasteiger partial charge in [0.1, 0.15) is 0 Å². The molecule has 0 fully saturated rings. The smallest absolute Gasteiger partial charge is 0.211 e. The minimum absolute atomic E-state index is 0.187. The highest BCUT2D eigenvalue weighted by Gasteiger charge is 2.08. The zero-order chi connectivity index (χ0) is 13.9. The molecule has 0 saturated heterocycles. The second kappa shape index (κ2) is 10.7. The van der Waals surface area contributed by atoms with Crippen LogP contribution in [0.3, 0.4) is 0 Å². The molecule has 0 spiro atoms. The molecule has 0 unspecified atom stereocenters. The number of rotatable bonds is 12. The van der Waals surface area contributed by atoms with Crippen molar-refractivity contribution in [3.8, 4) is 0 Å². The molecule has 0 aliphatic heterocycles. The monoisotopic (exact) mass is 280 g/mol. The van der Waals surface area contributed by atoms with E-state index in [0.29, 0.717) is 25.5 Å². The van der Waals surface area contributed by atoms with E-state index in [9.17, 15) is 8.42 Å². The van der Waals surface area contributed by atoms with E-state index in [1.54, 1.807) is 0 Å². The van der Waals surface area contributed by atoms with Crippen molar-refractivity contribution in [1.82, 2.24) is 10.0 Å². The largest absolute Gasteiger partial charge is 0.381 e. The van der Waals surface area contributed by atoms with Gasteiger partial charge in [-0.3, -0.25) is 0 Å². The minimum Gasteiger partial charge on any atom is -0.381 e. The number of ether oxygens (including phenoxy) is 1. The number of sulfonamides is 1. The SMILES string of the molecule is CCNCCCS(=O)(=O)NCCCOCC(C)C. The van der Waals surface area contributed by atoms with Crippen LogP contribution in [-0.4, -0.2) is 47.0 Å². The van der Waals surface area contributed by atoms with Gasteiger partial charge in [-0.25, -0.2) is 13.1 Å². The molecule has 0 radical (unpaired) electrons. The van der Waals surface area contributed by atoms with E-state index in [0.717, 1.165) is 26.1 Å². The van der Waals surface area contributed by atoms with E-state index in [1.807, 2.05) is 6.92 Å². The van der Waals surface area contributed by atoms with Crippen molar-refractivity contribution in [2.45, 2.75) is 33.6 Å². The molecule has 0 saturated carbocycles. The molecule has 0 atom stereocenters. The zero-order valence-corrected chi connectivity index (χ0v) is 12.7. The first-order valence-corrected chi connectivity index (χ1v) is 8.39. The van der Waals surface area contributed by atoms with Crippen LogP contribution in [0, 0.1) is 5.92 Å². The Morgan fingerprint density at radius 3 is 2.50 bits per heavy atom. The van der Waals surface area contributed by atoms with Crippen LogP contribution in [0.4, 0.5) is 0 Å². The molecule has 2 N–H and O–H groups in total. The number of hydrogen-bond acceptors (Lipinski definition) is 4. The van der Waals surface area contributed by atoms with E-state index in [-0.39, 0.29) is 5.75 Å². The molecule has 18 heavy (non-hydrogen) atoms. The van der Waals surface area contributed by atoms with Gasteiger partial charge in [-0.05, 0) is 31.8 Å². The first-order valence-electron chi connectivity index (χ1n) is 6.73. The highest BCUT2D eigenvalue weighted by Crippen LogP contribution is 1.94. The molecular formula is C12H28N2O3S. The third-order valence-corrected chi connectivity index (χ3v) is 3.73. The Bertz CT molecular complexity index is 279. The van der Waals surface area contributed by atoms with Gasteiger partial charge in [0, 0.05) is 19.8 Å². The summed E-state index contributed by atoms with van der Waals surface area (Å²) in [4.78, 5) is 0. The van der Waals surface area contributed by atoms with Gasteiger partial charge in [0.25, 0.3) is 0 Å². The molecule has 0 aromatic rings. The van der Waals surface area contributed by atoms with Crippen LogP contribution < -0.4 is 10.0 Å². The maximum Gasteiger partial charge on any atom is 0.211 e. The van der Waals surface area contributed by atoms with E-state index < -0.39 is 10.0 Å². The summed E-state index contributed by atoms with van der Waals surface area (Å²) in [6.07, 6.45) is 1.37. The van der Waals surface area contributed by atoms with Crippen LogP contribution in [-0.2, 0) is 14.8 Å². The van der Waals surface area contributed by atoms with E-state index in [4.69, 9.17) is 4.74 Å². The highest BCUT2D eigenvalue weighted by molar-refractivity contribution is 7.89. The summed E-state index contributed by atoms with van der Waals surface area (Å²) in [5.41, 5.74) is 0. The van der Waals surface area contributed by atoms with E-state index >= 15 is 0 Å². The Hall–Kier alpha value is -0.170. The van der Waals surface area contributed by atoms with Crippen molar-refractivity contribution >= 4 is 10.0 Å². The molecule has 6 heteroatoms. The van der Waals surface area contributed by atoms with Gasteiger partial charge in [-0.2, -0.15) is 0 Å². The topological polar surface area (TPSA) is 67.4 Å². The van der Waals surface area contributed by atoms with Gasteiger partial charge in [0.05, 0.1) is 5.75 Å². The predicted octanol–water partition coefficient (Wildman–Crippen LogP) is 0.968. The molecule has 0 amide bonds. The Morgan fingerprint density at radius 2 is 1.89 bits per heavy atom. The van der Waals surface area contributed by atoms with Gasteiger partial charge in [0.15, 0.2) is 0 Å². The van der Waals surface area contributed by atoms with Crippen LogP contribution in [0.5, 0.6) is 0 Å². The first-order chi connectivity index (χ1) is 8.48. The van der Waals surface area contributed by atoms with E-state index in [2.05, 4.69) is 23.9 Å². The molecule has 0 bridgehead atoms. The fourth-order valence-electron chi connectivity index (χ4n) is 1.36. The van der Waals surface area contributed by atoms with Crippen LogP contribution >= 0.6 is 0 Å². The van der Waals surface area contributed by atoms with Gasteiger partial charge < -0.3 is 10.1 Å². The molecular weight excluding hydrogens is 252 g/mol. The van der Waals surface area contributed by atoms with E-state index in [1.165, 1.54) is 0 Å². The van der Waals surface area contributed by atoms with Crippen molar-refractivity contribution in [3.63, 3.8) is 0 Å². The molecule has 0 rings (SSSR count). The Labute approximate surface area is 112 Å². The summed E-state index contributed by atoms with van der Waals surface area (Å²) in [6.45, 7) is 9.61. The summed E-state index contributed by atoms with van der Waals surface area (Å²) in [5, 5.41) is 3.10. The third-order valence-electron chi connectivity index (χ3n) is 2.26. The lowest BCUT2D eigenvalue weighted by Gasteiger charge is -2.08. The standard InChI is InChI=1S/C12H28N2O3S/c1-4-13-7-6-10-18(15,16)14-8-5-9-17-11-12(2)3/h12-14H,4-11H2,1-3H3. The van der Waals surface area contributed by atoms with Crippen molar-refractivity contribution in [2.24, 2.45) is 5.92 Å². The lowest BCUT2D eigenvalue weighted by Crippen LogP contribution is -2.29. The van der Waals surface area contributed by atoms with Crippen molar-refractivity contribution in [3.05, 3.63) is 0 Å². The molecule has 0 aliphatic rings. The van der Waals surface area contributed by atoms with Crippen molar-refractivity contribution in [1.29, 1.82) is 0 Å². The summed E-state index contributed by atoms with van der Waals surface area (Å²) in [5.74, 6) is 0.708. The maximum absolute atomic E-state index is 11.6. The Balaban J connectivity index is 3.47. The maximum atomic E-state index is 11.6. The van der Waals surface area contributed by atoms with Crippen LogP contribution in [0.1, 0.15) is 33.6 Å². The second-order valence-electron chi connectivity index (χ2n) is 4.74. The fourth-order valence-corrected chi connectivity index (χ4v) is 2.48. The minimum atomic E-state index is -3.11. The Kier molecular flexibility index (Phi) is 10.6. The lowest BCUT2D eigenvalue weighted by molar-refractivity contribution is 0.108. The third kappa shape index (κ3) is 12.3. The molecule has 110 valence electrons. The average Bonchev–Trinajstić information content (AvgIpc) is 2.29. The number of hydrogen-bond donors (Lipinski definition) is 2. The van der Waals surface area contributed by atoms with Crippen molar-refractivity contribution < 1.29 is 13.2 Å². The molecule has 5 nitrogen and oxygen atoms in total. The molecule has 0 aliphatic carbocycles. The van der Waals surface area contributed by atoms with Crippen LogP contribution in [0.2, 0.25) is 0 Å². The zero-order valence-electron chi connectivity index (χ0n) is 11.9. The predicted molar refractivity (Wildman–Crippen MR) is 75.2 cm³/mol. The van der Waals surface area contributed by atoms with Gasteiger partial charge in [-0.15, -0.1) is 0 Å². The molecule has 0 aromatic heterocycles. The normalized spacial score (nSPS) is 12.2. The van der Waals surface area contributed by atoms with Gasteiger partial charge in [0.2, 0.25) is 10.0 Å².